The number of aryl methyl sites for hydroxylation is 1. The van der Waals surface area contributed by atoms with Gasteiger partial charge in [-0.05, 0) is 38.8 Å². The molecule has 3 N–H and O–H groups in total. The Balaban J connectivity index is 1.88. The Bertz CT molecular complexity index is 1410. The molecule has 1 aliphatic heterocycles. The summed E-state index contributed by atoms with van der Waals surface area (Å²) in [6.07, 6.45) is 3.87. The molecule has 0 radical (unpaired) electrons. The van der Waals surface area contributed by atoms with Crippen LogP contribution in [0.25, 0.3) is 11.2 Å². The lowest BCUT2D eigenvalue weighted by atomic mass is 10.1. The van der Waals surface area contributed by atoms with Crippen LogP contribution >= 0.6 is 0 Å². The third kappa shape index (κ3) is 4.66. The molecule has 1 fully saturated rings. The first kappa shape index (κ1) is 24.5. The molecule has 3 aromatic rings. The monoisotopic (exact) mass is 479 g/mol. The fourth-order valence-corrected chi connectivity index (χ4v) is 4.55. The number of rotatable bonds is 7. The van der Waals surface area contributed by atoms with Gasteiger partial charge in [0.2, 0.25) is 5.95 Å². The van der Waals surface area contributed by atoms with Crippen molar-refractivity contribution in [2.45, 2.75) is 45.8 Å². The lowest BCUT2D eigenvalue weighted by Gasteiger charge is -2.31. The number of para-hydroxylation sites is 1. The Morgan fingerprint density at radius 1 is 1.23 bits per heavy atom. The smallest absolute Gasteiger partial charge is 0.332 e. The van der Waals surface area contributed by atoms with Gasteiger partial charge in [-0.25, -0.2) is 4.79 Å². The number of hydrogen-bond donors (Lipinski definition) is 2. The van der Waals surface area contributed by atoms with Crippen LogP contribution in [0, 0.1) is 0 Å². The van der Waals surface area contributed by atoms with Crippen LogP contribution in [0.1, 0.15) is 37.0 Å². The van der Waals surface area contributed by atoms with Gasteiger partial charge >= 0.3 is 5.69 Å². The van der Waals surface area contributed by atoms with E-state index in [1.807, 2.05) is 30.6 Å². The van der Waals surface area contributed by atoms with Crippen molar-refractivity contribution in [2.75, 3.05) is 30.4 Å². The first-order valence-electron chi connectivity index (χ1n) is 11.9. The van der Waals surface area contributed by atoms with Gasteiger partial charge in [0.25, 0.3) is 5.56 Å². The Morgan fingerprint density at radius 3 is 2.66 bits per heavy atom. The van der Waals surface area contributed by atoms with Crippen molar-refractivity contribution in [1.29, 1.82) is 0 Å². The van der Waals surface area contributed by atoms with Crippen LogP contribution in [0.15, 0.2) is 45.5 Å². The minimum Gasteiger partial charge on any atom is -0.388 e. The van der Waals surface area contributed by atoms with Gasteiger partial charge in [0.1, 0.15) is 0 Å². The molecule has 1 unspecified atom stereocenters. The van der Waals surface area contributed by atoms with Crippen molar-refractivity contribution in [3.63, 3.8) is 0 Å². The highest BCUT2D eigenvalue weighted by Gasteiger charge is 2.26. The summed E-state index contributed by atoms with van der Waals surface area (Å²) in [5.41, 5.74) is 7.87. The van der Waals surface area contributed by atoms with E-state index in [0.29, 0.717) is 41.5 Å². The van der Waals surface area contributed by atoms with Crippen molar-refractivity contribution < 1.29 is 4.79 Å². The number of nitrogens with one attached hydrogen (secondary N) is 1. The number of nitrogens with zero attached hydrogens (tertiary/aromatic N) is 5. The molecule has 1 saturated heterocycles. The number of carbonyl (C=O) groups is 1. The van der Waals surface area contributed by atoms with Crippen molar-refractivity contribution in [2.24, 2.45) is 12.8 Å². The predicted molar refractivity (Wildman–Crippen MR) is 138 cm³/mol. The van der Waals surface area contributed by atoms with Crippen molar-refractivity contribution in [3.05, 3.63) is 62.3 Å². The molecule has 2 aromatic heterocycles. The van der Waals surface area contributed by atoms with Crippen LogP contribution in [0.3, 0.4) is 0 Å². The molecule has 0 saturated carbocycles. The fraction of sp³-hybridized carbons (Fsp3) is 0.440. The maximum atomic E-state index is 13.7. The van der Waals surface area contributed by atoms with E-state index in [4.69, 9.17) is 10.7 Å². The van der Waals surface area contributed by atoms with Gasteiger partial charge in [-0.1, -0.05) is 23.8 Å². The lowest BCUT2D eigenvalue weighted by Crippen LogP contribution is -2.44. The minimum atomic E-state index is -0.577. The second-order valence-electron chi connectivity index (χ2n) is 9.28. The molecule has 1 aliphatic rings. The van der Waals surface area contributed by atoms with E-state index in [1.165, 1.54) is 4.57 Å². The van der Waals surface area contributed by atoms with Gasteiger partial charge < -0.3 is 20.5 Å². The molecule has 35 heavy (non-hydrogen) atoms. The number of nitrogens with two attached hydrogens (primary N) is 1. The summed E-state index contributed by atoms with van der Waals surface area (Å²) < 4.78 is 4.19. The maximum Gasteiger partial charge on any atom is 0.332 e. The summed E-state index contributed by atoms with van der Waals surface area (Å²) in [5, 5.41) is 2.98. The number of allylic oxidation sites excluding steroid dienone is 2. The Labute approximate surface area is 203 Å². The Kier molecular flexibility index (Phi) is 6.93. The average Bonchev–Trinajstić information content (AvgIpc) is 3.23. The molecule has 4 rings (SSSR count). The molecule has 186 valence electrons. The molecule has 0 spiro atoms. The van der Waals surface area contributed by atoms with Crippen molar-refractivity contribution in [3.8, 4) is 0 Å². The zero-order valence-corrected chi connectivity index (χ0v) is 20.7. The second-order valence-corrected chi connectivity index (χ2v) is 9.28. The van der Waals surface area contributed by atoms with Crippen molar-refractivity contribution in [1.82, 2.24) is 18.7 Å². The lowest BCUT2D eigenvalue weighted by molar-refractivity contribution is 0.0969. The molecule has 1 atom stereocenters. The van der Waals surface area contributed by atoms with Crippen molar-refractivity contribution >= 4 is 28.6 Å². The normalized spacial score (nSPS) is 15.9. The largest absolute Gasteiger partial charge is 0.388 e. The van der Waals surface area contributed by atoms with Gasteiger partial charge in [-0.2, -0.15) is 4.98 Å². The van der Waals surface area contributed by atoms with Crippen LogP contribution in [-0.4, -0.2) is 50.6 Å². The number of carbonyl (C=O) groups excluding carboxylic acids is 1. The Morgan fingerprint density at radius 2 is 1.97 bits per heavy atom. The SMILES string of the molecule is CNc1ccccc1C(=O)Cn1c(=O)c2c(nc(N3CCCC(N)C3)n2CC=C(C)C)n(C)c1=O. The Hall–Kier alpha value is -3.66. The molecule has 10 heteroatoms. The first-order valence-corrected chi connectivity index (χ1v) is 11.9. The quantitative estimate of drug-likeness (QED) is 0.391. The van der Waals surface area contributed by atoms with Crippen LogP contribution in [0.2, 0.25) is 0 Å². The van der Waals surface area contributed by atoms with E-state index in [1.54, 1.807) is 32.3 Å². The van der Waals surface area contributed by atoms with Gasteiger partial charge in [0, 0.05) is 51.0 Å². The van der Waals surface area contributed by atoms with E-state index in [2.05, 4.69) is 10.2 Å². The van der Waals surface area contributed by atoms with Gasteiger partial charge in [0.05, 0.1) is 6.54 Å². The summed E-state index contributed by atoms with van der Waals surface area (Å²) >= 11 is 0. The molecular weight excluding hydrogens is 446 g/mol. The van der Waals surface area contributed by atoms with Crippen LogP contribution in [0.5, 0.6) is 0 Å². The summed E-state index contributed by atoms with van der Waals surface area (Å²) in [6, 6.07) is 7.05. The zero-order chi connectivity index (χ0) is 25.3. The molecule has 3 heterocycles. The topological polar surface area (TPSA) is 120 Å². The number of benzene rings is 1. The van der Waals surface area contributed by atoms with Crippen LogP contribution in [-0.2, 0) is 20.1 Å². The predicted octanol–water partition coefficient (Wildman–Crippen LogP) is 1.71. The van der Waals surface area contributed by atoms with Gasteiger partial charge in [-0.3, -0.25) is 18.7 Å². The third-order valence-corrected chi connectivity index (χ3v) is 6.43. The highest BCUT2D eigenvalue weighted by molar-refractivity contribution is 6.01. The highest BCUT2D eigenvalue weighted by Crippen LogP contribution is 2.23. The molecule has 0 bridgehead atoms. The van der Waals surface area contributed by atoms with Crippen LogP contribution in [0.4, 0.5) is 11.6 Å². The third-order valence-electron chi connectivity index (χ3n) is 6.43. The van der Waals surface area contributed by atoms with Gasteiger partial charge in [-0.15, -0.1) is 0 Å². The standard InChI is InChI=1S/C25H33N7O3/c1-16(2)11-13-31-21-22(28-24(31)30-12-7-8-17(26)14-30)29(4)25(35)32(23(21)34)15-20(33)18-9-5-6-10-19(18)27-3/h5-6,9-11,17,27H,7-8,12-15,26H2,1-4H3. The zero-order valence-electron chi connectivity index (χ0n) is 20.7. The number of Topliss-reactive ketones (excluding diaryl/α,β-unsaturated/α-hetero) is 1. The van der Waals surface area contributed by atoms with E-state index in [-0.39, 0.29) is 18.4 Å². The van der Waals surface area contributed by atoms with E-state index >= 15 is 0 Å². The van der Waals surface area contributed by atoms with Gasteiger partial charge in [0.15, 0.2) is 16.9 Å². The highest BCUT2D eigenvalue weighted by atomic mass is 16.2. The molecule has 0 amide bonds. The molecule has 0 aliphatic carbocycles. The number of piperidine rings is 1. The summed E-state index contributed by atoms with van der Waals surface area (Å²) in [7, 11) is 3.30. The summed E-state index contributed by atoms with van der Waals surface area (Å²) in [4.78, 5) is 46.9. The molecule has 10 nitrogen and oxygen atoms in total. The van der Waals surface area contributed by atoms with E-state index in [0.717, 1.165) is 29.5 Å². The molecular formula is C25H33N7O3. The summed E-state index contributed by atoms with van der Waals surface area (Å²) in [6.45, 7) is 5.43. The number of imidazole rings is 1. The number of fused-ring (bicyclic) bond motifs is 1. The number of hydrogen-bond acceptors (Lipinski definition) is 7. The summed E-state index contributed by atoms with van der Waals surface area (Å²) in [5.74, 6) is 0.287. The second kappa shape index (κ2) is 9.91. The fourth-order valence-electron chi connectivity index (χ4n) is 4.55. The first-order chi connectivity index (χ1) is 16.7. The minimum absolute atomic E-state index is 0.0193. The number of aromatic nitrogens is 4. The van der Waals surface area contributed by atoms with Crippen LogP contribution < -0.4 is 27.2 Å². The molecule has 1 aromatic carbocycles. The average molecular weight is 480 g/mol. The number of anilines is 2. The van der Waals surface area contributed by atoms with E-state index in [9.17, 15) is 14.4 Å². The maximum absolute atomic E-state index is 13.7. The number of ketones is 1. The van der Waals surface area contributed by atoms with E-state index < -0.39 is 11.2 Å².